The summed E-state index contributed by atoms with van der Waals surface area (Å²) in [5.41, 5.74) is 1.16. The summed E-state index contributed by atoms with van der Waals surface area (Å²) in [5.74, 6) is 2.85. The molecule has 0 spiro atoms. The van der Waals surface area contributed by atoms with Crippen LogP contribution in [0, 0.1) is 17.8 Å². The number of oxazole rings is 1. The Balaban J connectivity index is 1.72. The van der Waals surface area contributed by atoms with E-state index < -0.39 is 0 Å². The highest BCUT2D eigenvalue weighted by Crippen LogP contribution is 2.44. The predicted molar refractivity (Wildman–Crippen MR) is 115 cm³/mol. The van der Waals surface area contributed by atoms with Gasteiger partial charge in [0.2, 0.25) is 0 Å². The van der Waals surface area contributed by atoms with E-state index in [4.69, 9.17) is 4.42 Å². The molecule has 1 aliphatic carbocycles. The fourth-order valence-corrected chi connectivity index (χ4v) is 5.10. The highest BCUT2D eigenvalue weighted by Gasteiger charge is 2.34. The van der Waals surface area contributed by atoms with Crippen LogP contribution in [0.3, 0.4) is 0 Å². The first kappa shape index (κ1) is 19.0. The zero-order valence-electron chi connectivity index (χ0n) is 17.4. The van der Waals surface area contributed by atoms with E-state index in [1.165, 1.54) is 23.6 Å². The van der Waals surface area contributed by atoms with Gasteiger partial charge in [0.15, 0.2) is 0 Å². The fraction of sp³-hybridized carbons (Fsp3) is 0.480. The Bertz CT molecular complexity index is 1010. The van der Waals surface area contributed by atoms with E-state index in [0.29, 0.717) is 23.7 Å². The Hall–Kier alpha value is -2.29. The molecule has 148 valence electrons. The molecule has 3 aromatic rings. The molecule has 0 saturated heterocycles. The van der Waals surface area contributed by atoms with Crippen molar-refractivity contribution >= 4 is 10.8 Å². The minimum absolute atomic E-state index is 0.0605. The lowest BCUT2D eigenvalue weighted by Gasteiger charge is -2.36. The number of rotatable bonds is 4. The quantitative estimate of drug-likeness (QED) is 0.529. The van der Waals surface area contributed by atoms with Crippen molar-refractivity contribution < 1.29 is 4.42 Å². The Morgan fingerprint density at radius 2 is 1.79 bits per heavy atom. The third-order valence-electron chi connectivity index (χ3n) is 6.76. The summed E-state index contributed by atoms with van der Waals surface area (Å²) in [6, 6.07) is 14.6. The van der Waals surface area contributed by atoms with Crippen LogP contribution in [0.4, 0.5) is 0 Å². The van der Waals surface area contributed by atoms with Crippen LogP contribution in [0.5, 0.6) is 0 Å². The maximum Gasteiger partial charge on any atom is 0.419 e. The largest absolute Gasteiger partial charge is 0.419 e. The Kier molecular flexibility index (Phi) is 5.18. The second-order valence-electron chi connectivity index (χ2n) is 8.98. The van der Waals surface area contributed by atoms with Crippen molar-refractivity contribution in [1.82, 2.24) is 4.57 Å². The zero-order valence-corrected chi connectivity index (χ0v) is 17.4. The summed E-state index contributed by atoms with van der Waals surface area (Å²) in [4.78, 5) is 12.8. The molecule has 4 rings (SSSR count). The molecule has 0 radical (unpaired) electrons. The average Bonchev–Trinajstić information content (AvgIpc) is 3.08. The number of aromatic nitrogens is 1. The van der Waals surface area contributed by atoms with Gasteiger partial charge in [-0.1, -0.05) is 69.7 Å². The number of hydrogen-bond acceptors (Lipinski definition) is 2. The average molecular weight is 378 g/mol. The molecule has 3 heteroatoms. The lowest BCUT2D eigenvalue weighted by atomic mass is 9.69. The molecular weight excluding hydrogens is 346 g/mol. The summed E-state index contributed by atoms with van der Waals surface area (Å²) in [6.45, 7) is 8.99. The maximum atomic E-state index is 12.8. The fourth-order valence-electron chi connectivity index (χ4n) is 5.10. The van der Waals surface area contributed by atoms with Crippen molar-refractivity contribution in [2.24, 2.45) is 17.8 Å². The van der Waals surface area contributed by atoms with Crippen LogP contribution < -0.4 is 5.76 Å². The Morgan fingerprint density at radius 1 is 1.04 bits per heavy atom. The topological polar surface area (TPSA) is 35.1 Å². The van der Waals surface area contributed by atoms with Crippen molar-refractivity contribution in [1.29, 1.82) is 0 Å². The van der Waals surface area contributed by atoms with E-state index in [-0.39, 0.29) is 11.8 Å². The molecule has 1 saturated carbocycles. The van der Waals surface area contributed by atoms with Crippen LogP contribution in [0.2, 0.25) is 0 Å². The maximum absolute atomic E-state index is 12.8. The summed E-state index contributed by atoms with van der Waals surface area (Å²) in [5, 5.41) is 2.39. The van der Waals surface area contributed by atoms with Gasteiger partial charge in [0, 0.05) is 12.1 Å². The van der Waals surface area contributed by atoms with Gasteiger partial charge in [-0.3, -0.25) is 4.57 Å². The molecule has 0 aliphatic heterocycles. The van der Waals surface area contributed by atoms with Gasteiger partial charge >= 0.3 is 5.76 Å². The van der Waals surface area contributed by atoms with Crippen molar-refractivity contribution in [3.8, 4) is 0 Å². The molecule has 1 aliphatic rings. The molecule has 2 aromatic carbocycles. The molecule has 0 N–H and O–H groups in total. The standard InChI is InChI=1S/C25H31NO2/c1-16(2)20-13-12-17(3)14-23(20)24-15-26(25(27)28-24)18(4)21-11-7-9-19-8-5-6-10-22(19)21/h5-11,15-18,20,23H,12-14H2,1-4H3. The van der Waals surface area contributed by atoms with Gasteiger partial charge < -0.3 is 4.42 Å². The molecule has 4 unspecified atom stereocenters. The number of fused-ring (bicyclic) bond motifs is 1. The summed E-state index contributed by atoms with van der Waals surface area (Å²) < 4.78 is 7.63. The van der Waals surface area contributed by atoms with Gasteiger partial charge in [0.05, 0.1) is 6.04 Å². The van der Waals surface area contributed by atoms with E-state index in [1.807, 2.05) is 6.20 Å². The van der Waals surface area contributed by atoms with Crippen LogP contribution in [0.15, 0.2) is 57.9 Å². The first-order chi connectivity index (χ1) is 13.5. The predicted octanol–water partition coefficient (Wildman–Crippen LogP) is 6.38. The van der Waals surface area contributed by atoms with Gasteiger partial charge in [-0.25, -0.2) is 4.79 Å². The van der Waals surface area contributed by atoms with Gasteiger partial charge in [0.25, 0.3) is 0 Å². The summed E-state index contributed by atoms with van der Waals surface area (Å²) in [6.07, 6.45) is 5.60. The lowest BCUT2D eigenvalue weighted by molar-refractivity contribution is 0.177. The number of hydrogen-bond donors (Lipinski definition) is 0. The van der Waals surface area contributed by atoms with Crippen LogP contribution >= 0.6 is 0 Å². The minimum atomic E-state index is -0.240. The summed E-state index contributed by atoms with van der Waals surface area (Å²) in [7, 11) is 0. The first-order valence-electron chi connectivity index (χ1n) is 10.6. The molecule has 0 bridgehead atoms. The second kappa shape index (κ2) is 7.62. The molecular formula is C25H31NO2. The smallest absolute Gasteiger partial charge is 0.413 e. The minimum Gasteiger partial charge on any atom is -0.413 e. The molecule has 1 heterocycles. The number of nitrogens with zero attached hydrogens (tertiary/aromatic N) is 1. The van der Waals surface area contributed by atoms with Crippen LogP contribution in [-0.4, -0.2) is 4.57 Å². The van der Waals surface area contributed by atoms with Crippen molar-refractivity contribution in [2.75, 3.05) is 0 Å². The second-order valence-corrected chi connectivity index (χ2v) is 8.98. The first-order valence-corrected chi connectivity index (χ1v) is 10.6. The number of benzene rings is 2. The highest BCUT2D eigenvalue weighted by atomic mass is 16.4. The molecule has 1 aromatic heterocycles. The van der Waals surface area contributed by atoms with Gasteiger partial charge in [-0.2, -0.15) is 0 Å². The van der Waals surface area contributed by atoms with Gasteiger partial charge in [0.1, 0.15) is 5.76 Å². The van der Waals surface area contributed by atoms with Crippen molar-refractivity contribution in [3.05, 3.63) is 70.5 Å². The van der Waals surface area contributed by atoms with E-state index in [9.17, 15) is 4.79 Å². The molecule has 28 heavy (non-hydrogen) atoms. The molecule has 3 nitrogen and oxygen atoms in total. The van der Waals surface area contributed by atoms with Crippen molar-refractivity contribution in [3.63, 3.8) is 0 Å². The SMILES string of the molecule is CC1CCC(C(C)C)C(c2cn(C(C)c3cccc4ccccc34)c(=O)o2)C1. The van der Waals surface area contributed by atoms with Gasteiger partial charge in [-0.15, -0.1) is 0 Å². The normalized spacial score (nSPS) is 24.0. The van der Waals surface area contributed by atoms with Gasteiger partial charge in [-0.05, 0) is 53.9 Å². The Morgan fingerprint density at radius 3 is 2.57 bits per heavy atom. The van der Waals surface area contributed by atoms with Crippen LogP contribution in [0.25, 0.3) is 10.8 Å². The zero-order chi connectivity index (χ0) is 19.8. The molecule has 1 fully saturated rings. The molecule has 4 atom stereocenters. The lowest BCUT2D eigenvalue weighted by Crippen LogP contribution is -2.25. The highest BCUT2D eigenvalue weighted by molar-refractivity contribution is 5.86. The third kappa shape index (κ3) is 3.43. The molecule has 0 amide bonds. The third-order valence-corrected chi connectivity index (χ3v) is 6.76. The monoisotopic (exact) mass is 377 g/mol. The summed E-state index contributed by atoms with van der Waals surface area (Å²) >= 11 is 0. The van der Waals surface area contributed by atoms with Crippen molar-refractivity contribution in [2.45, 2.75) is 58.9 Å². The Labute approximate surface area is 167 Å². The van der Waals surface area contributed by atoms with E-state index in [0.717, 1.165) is 17.7 Å². The van der Waals surface area contributed by atoms with E-state index in [2.05, 4.69) is 70.2 Å². The van der Waals surface area contributed by atoms with Crippen LogP contribution in [-0.2, 0) is 0 Å². The van der Waals surface area contributed by atoms with E-state index >= 15 is 0 Å². The van der Waals surface area contributed by atoms with E-state index in [1.54, 1.807) is 4.57 Å². The van der Waals surface area contributed by atoms with Crippen LogP contribution in [0.1, 0.15) is 70.2 Å².